The van der Waals surface area contributed by atoms with Crippen LogP contribution < -0.4 is 0 Å². The average Bonchev–Trinajstić information content (AvgIpc) is 2.89. The summed E-state index contributed by atoms with van der Waals surface area (Å²) in [5.74, 6) is -1.20. The van der Waals surface area contributed by atoms with Gasteiger partial charge in [0.2, 0.25) is 0 Å². The number of hydrogen-bond acceptors (Lipinski definition) is 3. The number of fused-ring (bicyclic) bond motifs is 1. The van der Waals surface area contributed by atoms with Gasteiger partial charge in [0, 0.05) is 5.57 Å². The summed E-state index contributed by atoms with van der Waals surface area (Å²) < 4.78 is 5.07. The fraction of sp³-hybridized carbons (Fsp3) is 0.263. The number of allylic oxidation sites excluding steroid dienone is 1. The van der Waals surface area contributed by atoms with Crippen LogP contribution in [0, 0.1) is 5.92 Å². The molecule has 1 aliphatic heterocycles. The molecular weight excluding hydrogens is 292 g/mol. The van der Waals surface area contributed by atoms with Crippen molar-refractivity contribution >= 4 is 18.0 Å². The van der Waals surface area contributed by atoms with Crippen LogP contribution in [-0.4, -0.2) is 23.7 Å². The number of esters is 1. The Morgan fingerprint density at radius 2 is 1.96 bits per heavy atom. The lowest BCUT2D eigenvalue weighted by molar-refractivity contribution is -0.135. The number of benzene rings is 1. The van der Waals surface area contributed by atoms with Gasteiger partial charge in [-0.15, -0.1) is 0 Å². The Bertz CT molecular complexity index is 748. The summed E-state index contributed by atoms with van der Waals surface area (Å²) in [5.41, 5.74) is 3.56. The molecule has 0 radical (unpaired) electrons. The first kappa shape index (κ1) is 15.3. The Morgan fingerprint density at radius 1 is 1.26 bits per heavy atom. The number of rotatable bonds is 3. The average molecular weight is 310 g/mol. The van der Waals surface area contributed by atoms with Gasteiger partial charge in [-0.25, -0.2) is 9.59 Å². The molecule has 1 atom stereocenters. The van der Waals surface area contributed by atoms with E-state index in [1.807, 2.05) is 18.2 Å². The molecule has 0 saturated carbocycles. The van der Waals surface area contributed by atoms with Gasteiger partial charge >= 0.3 is 11.9 Å². The SMILES string of the molecule is CC(C)c1ccc(C=C2C=C(C(=O)O)C=C3C(=O)OCC23)cc1. The van der Waals surface area contributed by atoms with Crippen molar-refractivity contribution in [2.75, 3.05) is 6.61 Å². The summed E-state index contributed by atoms with van der Waals surface area (Å²) in [6.45, 7) is 4.54. The van der Waals surface area contributed by atoms with Crippen molar-refractivity contribution in [3.8, 4) is 0 Å². The second-order valence-electron chi connectivity index (χ2n) is 6.12. The number of ether oxygens (including phenoxy) is 1. The number of carbonyl (C=O) groups excluding carboxylic acids is 1. The quantitative estimate of drug-likeness (QED) is 0.870. The molecular formula is C19H18O4. The molecule has 1 saturated heterocycles. The monoisotopic (exact) mass is 310 g/mol. The van der Waals surface area contributed by atoms with E-state index in [0.717, 1.165) is 11.1 Å². The lowest BCUT2D eigenvalue weighted by atomic mass is 9.85. The van der Waals surface area contributed by atoms with Crippen molar-refractivity contribution in [1.29, 1.82) is 0 Å². The van der Waals surface area contributed by atoms with Crippen molar-refractivity contribution in [3.05, 3.63) is 64.3 Å². The maximum absolute atomic E-state index is 11.8. The predicted molar refractivity (Wildman–Crippen MR) is 86.8 cm³/mol. The van der Waals surface area contributed by atoms with E-state index in [4.69, 9.17) is 4.74 Å². The van der Waals surface area contributed by atoms with Gasteiger partial charge in [-0.2, -0.15) is 0 Å². The van der Waals surface area contributed by atoms with Gasteiger partial charge in [0.25, 0.3) is 0 Å². The highest BCUT2D eigenvalue weighted by Gasteiger charge is 2.35. The molecule has 2 aliphatic rings. The third-order valence-electron chi connectivity index (χ3n) is 4.21. The normalized spacial score (nSPS) is 21.8. The Balaban J connectivity index is 1.98. The molecule has 1 aromatic rings. The highest BCUT2D eigenvalue weighted by molar-refractivity contribution is 5.99. The van der Waals surface area contributed by atoms with Crippen LogP contribution in [0.4, 0.5) is 0 Å². The molecule has 0 spiro atoms. The van der Waals surface area contributed by atoms with Gasteiger partial charge in [0.15, 0.2) is 0 Å². The summed E-state index contributed by atoms with van der Waals surface area (Å²) in [7, 11) is 0. The number of carbonyl (C=O) groups is 2. The second kappa shape index (κ2) is 5.88. The van der Waals surface area contributed by atoms with Crippen molar-refractivity contribution in [2.24, 2.45) is 5.92 Å². The minimum absolute atomic E-state index is 0.111. The zero-order valence-electron chi connectivity index (χ0n) is 13.1. The molecule has 0 bridgehead atoms. The highest BCUT2D eigenvalue weighted by atomic mass is 16.5. The van der Waals surface area contributed by atoms with E-state index < -0.39 is 11.9 Å². The molecule has 1 N–H and O–H groups in total. The van der Waals surface area contributed by atoms with Gasteiger partial charge in [-0.05, 0) is 34.8 Å². The van der Waals surface area contributed by atoms with E-state index in [9.17, 15) is 14.7 Å². The van der Waals surface area contributed by atoms with Crippen LogP contribution in [0.5, 0.6) is 0 Å². The van der Waals surface area contributed by atoms with Crippen molar-refractivity contribution < 1.29 is 19.4 Å². The van der Waals surface area contributed by atoms with Crippen molar-refractivity contribution in [2.45, 2.75) is 19.8 Å². The molecule has 118 valence electrons. The minimum Gasteiger partial charge on any atom is -0.478 e. The Hall–Kier alpha value is -2.62. The minimum atomic E-state index is -1.04. The second-order valence-corrected chi connectivity index (χ2v) is 6.12. The molecule has 1 fully saturated rings. The third kappa shape index (κ3) is 2.97. The molecule has 0 aromatic heterocycles. The topological polar surface area (TPSA) is 63.6 Å². The summed E-state index contributed by atoms with van der Waals surface area (Å²) >= 11 is 0. The van der Waals surface area contributed by atoms with E-state index in [2.05, 4.69) is 26.0 Å². The van der Waals surface area contributed by atoms with Crippen LogP contribution in [0.15, 0.2) is 53.1 Å². The zero-order valence-corrected chi connectivity index (χ0v) is 13.1. The van der Waals surface area contributed by atoms with Crippen LogP contribution in [0.1, 0.15) is 30.9 Å². The van der Waals surface area contributed by atoms with E-state index in [1.165, 1.54) is 11.6 Å². The Kier molecular flexibility index (Phi) is 3.90. The van der Waals surface area contributed by atoms with E-state index in [0.29, 0.717) is 11.5 Å². The first-order valence-electron chi connectivity index (χ1n) is 7.61. The van der Waals surface area contributed by atoms with E-state index >= 15 is 0 Å². The van der Waals surface area contributed by atoms with Crippen LogP contribution in [0.2, 0.25) is 0 Å². The van der Waals surface area contributed by atoms with Gasteiger partial charge in [-0.3, -0.25) is 0 Å². The number of hydrogen-bond donors (Lipinski definition) is 1. The van der Waals surface area contributed by atoms with Crippen molar-refractivity contribution in [1.82, 2.24) is 0 Å². The fourth-order valence-corrected chi connectivity index (χ4v) is 2.83. The smallest absolute Gasteiger partial charge is 0.335 e. The lowest BCUT2D eigenvalue weighted by Crippen LogP contribution is -2.14. The molecule has 3 rings (SSSR count). The maximum Gasteiger partial charge on any atom is 0.335 e. The summed E-state index contributed by atoms with van der Waals surface area (Å²) in [4.78, 5) is 23.0. The van der Waals surface area contributed by atoms with Gasteiger partial charge in [0.05, 0.1) is 11.5 Å². The fourth-order valence-electron chi connectivity index (χ4n) is 2.83. The third-order valence-corrected chi connectivity index (χ3v) is 4.21. The Labute approximate surface area is 134 Å². The largest absolute Gasteiger partial charge is 0.478 e. The van der Waals surface area contributed by atoms with Gasteiger partial charge in [0.1, 0.15) is 6.61 Å². The number of aliphatic carboxylic acids is 1. The zero-order chi connectivity index (χ0) is 16.6. The lowest BCUT2D eigenvalue weighted by Gasteiger charge is -2.16. The predicted octanol–water partition coefficient (Wildman–Crippen LogP) is 3.32. The molecule has 1 aliphatic carbocycles. The number of carboxylic acid groups (broad SMARTS) is 1. The number of carboxylic acids is 1. The molecule has 4 heteroatoms. The standard InChI is InChI=1S/C19H18O4/c1-11(2)13-5-3-12(4-6-13)7-14-8-15(18(20)21)9-16-17(14)10-23-19(16)22/h3-9,11,17H,10H2,1-2H3,(H,20,21). The van der Waals surface area contributed by atoms with Gasteiger partial charge < -0.3 is 9.84 Å². The van der Waals surface area contributed by atoms with E-state index in [1.54, 1.807) is 6.08 Å². The Morgan fingerprint density at radius 3 is 2.57 bits per heavy atom. The molecule has 23 heavy (non-hydrogen) atoms. The first-order chi connectivity index (χ1) is 11.0. The number of cyclic esters (lactones) is 1. The highest BCUT2D eigenvalue weighted by Crippen LogP contribution is 2.35. The molecule has 1 aromatic carbocycles. The maximum atomic E-state index is 11.8. The first-order valence-corrected chi connectivity index (χ1v) is 7.61. The summed E-state index contributed by atoms with van der Waals surface area (Å²) in [6.07, 6.45) is 4.96. The summed E-state index contributed by atoms with van der Waals surface area (Å²) in [5, 5.41) is 9.23. The molecule has 1 unspecified atom stereocenters. The van der Waals surface area contributed by atoms with Crippen LogP contribution in [-0.2, 0) is 14.3 Å². The molecule has 0 amide bonds. The molecule has 1 heterocycles. The van der Waals surface area contributed by atoms with Crippen LogP contribution in [0.3, 0.4) is 0 Å². The molecule has 4 nitrogen and oxygen atoms in total. The van der Waals surface area contributed by atoms with Crippen LogP contribution >= 0.6 is 0 Å². The summed E-state index contributed by atoms with van der Waals surface area (Å²) in [6, 6.07) is 8.14. The van der Waals surface area contributed by atoms with Gasteiger partial charge in [-0.1, -0.05) is 44.2 Å². The van der Waals surface area contributed by atoms with E-state index in [-0.39, 0.29) is 18.1 Å². The van der Waals surface area contributed by atoms with Crippen LogP contribution in [0.25, 0.3) is 6.08 Å². The van der Waals surface area contributed by atoms with Crippen molar-refractivity contribution in [3.63, 3.8) is 0 Å².